The molecule has 1 amide bonds. The van der Waals surface area contributed by atoms with E-state index in [1.807, 2.05) is 20.8 Å². The number of fused-ring (bicyclic) bond motifs is 1. The molecule has 0 aliphatic carbocycles. The molecule has 0 unspecified atom stereocenters. The molecule has 114 valence electrons. The predicted molar refractivity (Wildman–Crippen MR) is 79.6 cm³/mol. The lowest BCUT2D eigenvalue weighted by Crippen LogP contribution is -2.33. The van der Waals surface area contributed by atoms with Crippen LogP contribution in [-0.2, 0) is 16.0 Å². The van der Waals surface area contributed by atoms with Crippen molar-refractivity contribution in [2.45, 2.75) is 32.8 Å². The molecule has 1 aromatic rings. The molecule has 0 bridgehead atoms. The number of nitro benzene ring substituents is 1. The van der Waals surface area contributed by atoms with E-state index in [4.69, 9.17) is 4.74 Å². The van der Waals surface area contributed by atoms with Gasteiger partial charge in [0.15, 0.2) is 0 Å². The Morgan fingerprint density at radius 3 is 2.81 bits per heavy atom. The van der Waals surface area contributed by atoms with E-state index in [-0.39, 0.29) is 18.0 Å². The Hall–Kier alpha value is -2.15. The lowest BCUT2D eigenvalue weighted by Gasteiger charge is -2.25. The summed E-state index contributed by atoms with van der Waals surface area (Å²) in [6, 6.07) is 3.06. The van der Waals surface area contributed by atoms with E-state index in [9.17, 15) is 14.9 Å². The van der Waals surface area contributed by atoms with Crippen molar-refractivity contribution in [2.24, 2.45) is 0 Å². The van der Waals surface area contributed by atoms with Crippen LogP contribution in [0.25, 0.3) is 0 Å². The van der Waals surface area contributed by atoms with Crippen LogP contribution in [0.5, 0.6) is 0 Å². The number of hydrogen-bond acceptors (Lipinski definition) is 5. The summed E-state index contributed by atoms with van der Waals surface area (Å²) in [6.07, 6.45) is 0.181. The highest BCUT2D eigenvalue weighted by molar-refractivity contribution is 6.00. The second-order valence-corrected chi connectivity index (χ2v) is 5.55. The first kappa shape index (κ1) is 15.2. The van der Waals surface area contributed by atoms with Gasteiger partial charge in [-0.25, -0.2) is 0 Å². The Kier molecular flexibility index (Phi) is 4.13. The normalized spacial score (nSPS) is 13.8. The lowest BCUT2D eigenvalue weighted by atomic mass is 10.1. The van der Waals surface area contributed by atoms with E-state index in [1.165, 1.54) is 6.07 Å². The van der Waals surface area contributed by atoms with Gasteiger partial charge in [-0.05, 0) is 32.4 Å². The fraction of sp³-hybridized carbons (Fsp3) is 0.500. The third-order valence-electron chi connectivity index (χ3n) is 3.28. The molecule has 21 heavy (non-hydrogen) atoms. The van der Waals surface area contributed by atoms with E-state index in [0.29, 0.717) is 30.1 Å². The molecule has 0 atom stereocenters. The number of rotatable bonds is 6. The monoisotopic (exact) mass is 293 g/mol. The largest absolute Gasteiger partial charge is 0.377 e. The van der Waals surface area contributed by atoms with Gasteiger partial charge in [0.05, 0.1) is 16.9 Å². The molecule has 0 spiro atoms. The zero-order valence-electron chi connectivity index (χ0n) is 12.4. The quantitative estimate of drug-likeness (QED) is 0.620. The number of nitrogens with zero attached hydrogens (tertiary/aromatic N) is 1. The number of amides is 1. The van der Waals surface area contributed by atoms with Crippen molar-refractivity contribution in [3.8, 4) is 0 Å². The van der Waals surface area contributed by atoms with E-state index in [2.05, 4.69) is 10.6 Å². The number of nitro groups is 1. The van der Waals surface area contributed by atoms with E-state index >= 15 is 0 Å². The first-order valence-electron chi connectivity index (χ1n) is 6.81. The maximum Gasteiger partial charge on any atom is 0.292 e. The number of carbonyl (C=O) groups is 1. The first-order valence-corrected chi connectivity index (χ1v) is 6.81. The Morgan fingerprint density at radius 1 is 1.48 bits per heavy atom. The molecule has 2 rings (SSSR count). The highest BCUT2D eigenvalue weighted by Gasteiger charge is 2.26. The highest BCUT2D eigenvalue weighted by Crippen LogP contribution is 2.34. The molecule has 1 aliphatic rings. The summed E-state index contributed by atoms with van der Waals surface area (Å²) in [5.41, 5.74) is 1.19. The summed E-state index contributed by atoms with van der Waals surface area (Å²) >= 11 is 0. The SMILES string of the molecule is CCOC(C)(C)CNc1cc2c(cc1[N+](=O)[O-])CC(=O)N2. The molecule has 0 radical (unpaired) electrons. The van der Waals surface area contributed by atoms with Crippen molar-refractivity contribution < 1.29 is 14.5 Å². The van der Waals surface area contributed by atoms with Crippen molar-refractivity contribution >= 4 is 23.0 Å². The Bertz CT molecular complexity index is 584. The summed E-state index contributed by atoms with van der Waals surface area (Å²) < 4.78 is 5.56. The minimum atomic E-state index is -0.445. The van der Waals surface area contributed by atoms with Crippen LogP contribution >= 0.6 is 0 Å². The second-order valence-electron chi connectivity index (χ2n) is 5.55. The number of hydrogen-bond donors (Lipinski definition) is 2. The van der Waals surface area contributed by atoms with Crippen LogP contribution in [0.3, 0.4) is 0 Å². The summed E-state index contributed by atoms with van der Waals surface area (Å²) in [5.74, 6) is -0.147. The van der Waals surface area contributed by atoms with Crippen LogP contribution in [0.2, 0.25) is 0 Å². The van der Waals surface area contributed by atoms with Crippen LogP contribution < -0.4 is 10.6 Å². The van der Waals surface area contributed by atoms with Gasteiger partial charge in [0.2, 0.25) is 5.91 Å². The standard InChI is InChI=1S/C14H19N3O4/c1-4-21-14(2,3)8-15-11-7-10-9(6-13(18)16-10)5-12(11)17(19)20/h5,7,15H,4,6,8H2,1-3H3,(H,16,18). The predicted octanol–water partition coefficient (Wildman–Crippen LogP) is 2.32. The molecule has 0 saturated heterocycles. The Balaban J connectivity index is 2.24. The molecular weight excluding hydrogens is 274 g/mol. The zero-order chi connectivity index (χ0) is 15.6. The molecule has 7 nitrogen and oxygen atoms in total. The van der Waals surface area contributed by atoms with Crippen LogP contribution in [0.4, 0.5) is 17.1 Å². The first-order chi connectivity index (χ1) is 9.82. The molecule has 0 fully saturated rings. The van der Waals surface area contributed by atoms with Crippen LogP contribution in [0.15, 0.2) is 12.1 Å². The number of anilines is 2. The van der Waals surface area contributed by atoms with Crippen LogP contribution in [0, 0.1) is 10.1 Å². The number of benzene rings is 1. The topological polar surface area (TPSA) is 93.5 Å². The Morgan fingerprint density at radius 2 is 2.19 bits per heavy atom. The average Bonchev–Trinajstić information content (AvgIpc) is 2.74. The molecule has 1 aromatic carbocycles. The van der Waals surface area contributed by atoms with Crippen LogP contribution in [0.1, 0.15) is 26.3 Å². The third-order valence-corrected chi connectivity index (χ3v) is 3.28. The van der Waals surface area contributed by atoms with Gasteiger partial charge in [0.25, 0.3) is 5.69 Å². The van der Waals surface area contributed by atoms with E-state index < -0.39 is 10.5 Å². The number of carbonyl (C=O) groups excluding carboxylic acids is 1. The summed E-state index contributed by atoms with van der Waals surface area (Å²) in [6.45, 7) is 6.70. The molecule has 1 heterocycles. The second kappa shape index (κ2) is 5.69. The maximum absolute atomic E-state index is 11.4. The van der Waals surface area contributed by atoms with Crippen molar-refractivity contribution in [3.05, 3.63) is 27.8 Å². The smallest absolute Gasteiger partial charge is 0.292 e. The minimum Gasteiger partial charge on any atom is -0.377 e. The van der Waals surface area contributed by atoms with Gasteiger partial charge in [-0.2, -0.15) is 0 Å². The van der Waals surface area contributed by atoms with E-state index in [1.54, 1.807) is 6.07 Å². The number of ether oxygens (including phenoxy) is 1. The van der Waals surface area contributed by atoms with Gasteiger partial charge in [-0.3, -0.25) is 14.9 Å². The van der Waals surface area contributed by atoms with Gasteiger partial charge in [-0.1, -0.05) is 0 Å². The lowest BCUT2D eigenvalue weighted by molar-refractivity contribution is -0.384. The maximum atomic E-state index is 11.4. The average molecular weight is 293 g/mol. The van der Waals surface area contributed by atoms with Crippen LogP contribution in [-0.4, -0.2) is 29.6 Å². The van der Waals surface area contributed by atoms with Gasteiger partial charge >= 0.3 is 0 Å². The third kappa shape index (κ3) is 3.49. The van der Waals surface area contributed by atoms with E-state index in [0.717, 1.165) is 0 Å². The summed E-state index contributed by atoms with van der Waals surface area (Å²) in [7, 11) is 0. The fourth-order valence-electron chi connectivity index (χ4n) is 2.30. The fourth-order valence-corrected chi connectivity index (χ4v) is 2.30. The van der Waals surface area contributed by atoms with Crippen molar-refractivity contribution in [3.63, 3.8) is 0 Å². The van der Waals surface area contributed by atoms with Gasteiger partial charge in [0, 0.05) is 24.9 Å². The summed E-state index contributed by atoms with van der Waals surface area (Å²) in [4.78, 5) is 22.1. The molecule has 0 saturated carbocycles. The van der Waals surface area contributed by atoms with Crippen molar-refractivity contribution in [2.75, 3.05) is 23.8 Å². The van der Waals surface area contributed by atoms with Gasteiger partial charge < -0.3 is 15.4 Å². The van der Waals surface area contributed by atoms with Gasteiger partial charge in [0.1, 0.15) is 5.69 Å². The van der Waals surface area contributed by atoms with Gasteiger partial charge in [-0.15, -0.1) is 0 Å². The molecule has 7 heteroatoms. The molecular formula is C14H19N3O4. The molecule has 0 aromatic heterocycles. The zero-order valence-corrected chi connectivity index (χ0v) is 12.4. The highest BCUT2D eigenvalue weighted by atomic mass is 16.6. The Labute approximate surface area is 122 Å². The summed E-state index contributed by atoms with van der Waals surface area (Å²) in [5, 5.41) is 16.9. The molecule has 1 aliphatic heterocycles. The number of nitrogens with one attached hydrogen (secondary N) is 2. The van der Waals surface area contributed by atoms with Crippen molar-refractivity contribution in [1.82, 2.24) is 0 Å². The van der Waals surface area contributed by atoms with Crippen molar-refractivity contribution in [1.29, 1.82) is 0 Å². The minimum absolute atomic E-state index is 0.0300. The molecule has 2 N–H and O–H groups in total.